The number of esters is 1. The molecule has 5 aromatic rings. The Balaban J connectivity index is 1.27. The van der Waals surface area contributed by atoms with E-state index in [1.54, 1.807) is 53.4 Å². The van der Waals surface area contributed by atoms with Crippen molar-refractivity contribution in [3.05, 3.63) is 171 Å². The molecule has 0 radical (unpaired) electrons. The lowest BCUT2D eigenvalue weighted by Crippen LogP contribution is -2.53. The van der Waals surface area contributed by atoms with Gasteiger partial charge in [-0.1, -0.05) is 97.5 Å². The number of non-ortho nitro benzene ring substituents is 1. The molecule has 1 saturated carbocycles. The van der Waals surface area contributed by atoms with E-state index in [1.807, 2.05) is 36.4 Å². The molecule has 3 fully saturated rings. The lowest BCUT2D eigenvalue weighted by Gasteiger charge is -2.46. The highest BCUT2D eigenvalue weighted by molar-refractivity contribution is 6.23. The third-order valence-corrected chi connectivity index (χ3v) is 13.0. The number of nitro benzene ring substituents is 1. The van der Waals surface area contributed by atoms with Gasteiger partial charge in [-0.3, -0.25) is 29.4 Å². The van der Waals surface area contributed by atoms with Crippen molar-refractivity contribution in [3.63, 3.8) is 0 Å². The maximum absolute atomic E-state index is 16.0. The van der Waals surface area contributed by atoms with Gasteiger partial charge in [0.25, 0.3) is 5.69 Å². The van der Waals surface area contributed by atoms with Crippen LogP contribution in [0.3, 0.4) is 0 Å². The number of aromatic hydroxyl groups is 1. The number of hydrogen-bond acceptors (Lipinski definition) is 11. The summed E-state index contributed by atoms with van der Waals surface area (Å²) in [4.78, 5) is 72.7. The van der Waals surface area contributed by atoms with Crippen LogP contribution in [0, 0.1) is 27.9 Å². The number of morpholine rings is 1. The number of fused-ring (bicyclic) bond motifs is 3. The second kappa shape index (κ2) is 16.7. The summed E-state index contributed by atoms with van der Waals surface area (Å²) in [5.74, 6) is 0.776. The van der Waals surface area contributed by atoms with Crippen molar-refractivity contribution in [2.24, 2.45) is 5.92 Å². The van der Waals surface area contributed by atoms with Gasteiger partial charge in [0.05, 0.1) is 22.7 Å². The monoisotopic (exact) mass is 861 g/mol. The van der Waals surface area contributed by atoms with Gasteiger partial charge in [-0.15, -0.1) is 0 Å². The van der Waals surface area contributed by atoms with Gasteiger partial charge in [-0.05, 0) is 96.0 Å². The number of carbonyl (C=O) groups is 4. The SMILES string of the molecule is O=C1O[C@@H](c2ccccc2)[C@@H](c2ccccc2)N2[C@@H](c3ccc(O)cc3)[C@]3(C(=O)N(C(=O)OCc4ccc([N+](=O)[O-])cc4)c4ccc(C#CC5(O)CCCCCC5)cc43)[C@@H](C(=O)O)[C@H]12. The normalized spacial score (nSPS) is 24.7. The van der Waals surface area contributed by atoms with E-state index in [-0.39, 0.29) is 22.7 Å². The number of phenolic OH excluding ortho intramolecular Hbond substituents is 1. The molecule has 0 aromatic heterocycles. The van der Waals surface area contributed by atoms with Gasteiger partial charge in [-0.2, -0.15) is 0 Å². The molecule has 0 bridgehead atoms. The first-order chi connectivity index (χ1) is 30.9. The average molecular weight is 862 g/mol. The molecule has 3 N–H and O–H groups in total. The predicted molar refractivity (Wildman–Crippen MR) is 230 cm³/mol. The fraction of sp³-hybridized carbons (Fsp3) is 0.280. The summed E-state index contributed by atoms with van der Waals surface area (Å²) in [5, 5.41) is 45.0. The summed E-state index contributed by atoms with van der Waals surface area (Å²) < 4.78 is 12.0. The minimum atomic E-state index is -2.26. The quantitative estimate of drug-likeness (QED) is 0.0472. The topological polar surface area (TPSA) is 197 Å². The molecule has 4 aliphatic rings. The molecule has 1 spiro atoms. The molecule has 0 unspecified atom stereocenters. The van der Waals surface area contributed by atoms with Gasteiger partial charge in [0.15, 0.2) is 0 Å². The first kappa shape index (κ1) is 42.0. The van der Waals surface area contributed by atoms with Crippen LogP contribution in [0.15, 0.2) is 127 Å². The zero-order chi connectivity index (χ0) is 44.8. The van der Waals surface area contributed by atoms with Crippen LogP contribution in [-0.2, 0) is 35.9 Å². The zero-order valence-corrected chi connectivity index (χ0v) is 34.4. The second-order valence-electron chi connectivity index (χ2n) is 16.7. The molecular weight excluding hydrogens is 819 g/mol. The maximum Gasteiger partial charge on any atom is 0.421 e. The smallest absolute Gasteiger partial charge is 0.421 e. The van der Waals surface area contributed by atoms with Crippen LogP contribution in [0.5, 0.6) is 5.75 Å². The molecule has 64 heavy (non-hydrogen) atoms. The minimum Gasteiger partial charge on any atom is -0.508 e. The molecule has 1 aliphatic carbocycles. The molecule has 3 heterocycles. The highest BCUT2D eigenvalue weighted by Crippen LogP contribution is 2.66. The van der Waals surface area contributed by atoms with Crippen LogP contribution in [-0.4, -0.2) is 60.7 Å². The lowest BCUT2D eigenvalue weighted by atomic mass is 9.65. The number of imide groups is 1. The van der Waals surface area contributed by atoms with Crippen molar-refractivity contribution >= 4 is 35.3 Å². The Bertz CT molecular complexity index is 2690. The number of rotatable bonds is 7. The molecule has 2 saturated heterocycles. The number of carboxylic acid groups (broad SMARTS) is 1. The zero-order valence-electron chi connectivity index (χ0n) is 34.4. The van der Waals surface area contributed by atoms with Crippen molar-refractivity contribution in [1.82, 2.24) is 4.90 Å². The number of phenols is 1. The van der Waals surface area contributed by atoms with E-state index >= 15 is 4.79 Å². The van der Waals surface area contributed by atoms with Gasteiger partial charge in [0.1, 0.15) is 41.4 Å². The predicted octanol–water partition coefficient (Wildman–Crippen LogP) is 7.82. The molecule has 14 heteroatoms. The Hall–Kier alpha value is -7.34. The molecule has 5 aromatic carbocycles. The Morgan fingerprint density at radius 1 is 0.812 bits per heavy atom. The molecule has 324 valence electrons. The number of cyclic esters (lactones) is 1. The van der Waals surface area contributed by atoms with Gasteiger partial charge < -0.3 is 24.8 Å². The number of hydrogen-bond donors (Lipinski definition) is 3. The highest BCUT2D eigenvalue weighted by Gasteiger charge is 2.76. The van der Waals surface area contributed by atoms with Crippen LogP contribution in [0.25, 0.3) is 0 Å². The van der Waals surface area contributed by atoms with Gasteiger partial charge >= 0.3 is 18.0 Å². The summed E-state index contributed by atoms with van der Waals surface area (Å²) >= 11 is 0. The molecular formula is C50H43N3O11. The molecule has 9 rings (SSSR count). The Morgan fingerprint density at radius 3 is 2.08 bits per heavy atom. The van der Waals surface area contributed by atoms with Crippen LogP contribution in [0.4, 0.5) is 16.2 Å². The summed E-state index contributed by atoms with van der Waals surface area (Å²) in [5.41, 5.74) is -1.30. The number of nitro groups is 1. The van der Waals surface area contributed by atoms with Crippen LogP contribution >= 0.6 is 0 Å². The third-order valence-electron chi connectivity index (χ3n) is 13.0. The minimum absolute atomic E-state index is 0.00320. The van der Waals surface area contributed by atoms with E-state index in [0.29, 0.717) is 40.7 Å². The van der Waals surface area contributed by atoms with Gasteiger partial charge in [0.2, 0.25) is 5.91 Å². The van der Waals surface area contributed by atoms with Crippen molar-refractivity contribution in [2.75, 3.05) is 4.90 Å². The summed E-state index contributed by atoms with van der Waals surface area (Å²) in [7, 11) is 0. The first-order valence-electron chi connectivity index (χ1n) is 21.2. The van der Waals surface area contributed by atoms with Crippen molar-refractivity contribution in [2.45, 2.75) is 80.4 Å². The van der Waals surface area contributed by atoms with Crippen molar-refractivity contribution in [1.29, 1.82) is 0 Å². The maximum atomic E-state index is 16.0. The number of nitrogens with zero attached hydrogens (tertiary/aromatic N) is 3. The fourth-order valence-electron chi connectivity index (χ4n) is 10.2. The van der Waals surface area contributed by atoms with Crippen LogP contribution < -0.4 is 4.90 Å². The average Bonchev–Trinajstić information content (AvgIpc) is 3.64. The number of benzene rings is 5. The van der Waals surface area contributed by atoms with E-state index in [2.05, 4.69) is 11.8 Å². The number of ether oxygens (including phenoxy) is 2. The van der Waals surface area contributed by atoms with Gasteiger partial charge in [-0.25, -0.2) is 9.69 Å². The number of carbonyl (C=O) groups excluding carboxylic acids is 3. The van der Waals surface area contributed by atoms with Gasteiger partial charge in [0, 0.05) is 17.7 Å². The van der Waals surface area contributed by atoms with E-state index in [9.17, 15) is 39.8 Å². The van der Waals surface area contributed by atoms with E-state index < -0.39 is 76.6 Å². The number of anilines is 1. The van der Waals surface area contributed by atoms with E-state index in [4.69, 9.17) is 9.47 Å². The molecule has 6 atom stereocenters. The second-order valence-corrected chi connectivity index (χ2v) is 16.7. The van der Waals surface area contributed by atoms with Crippen LogP contribution in [0.2, 0.25) is 0 Å². The summed E-state index contributed by atoms with van der Waals surface area (Å²) in [6, 6.07) is 30.2. The van der Waals surface area contributed by atoms with E-state index in [1.165, 1.54) is 42.5 Å². The number of aliphatic carboxylic acids is 1. The fourth-order valence-corrected chi connectivity index (χ4v) is 10.2. The first-order valence-corrected chi connectivity index (χ1v) is 21.2. The van der Waals surface area contributed by atoms with Crippen molar-refractivity contribution in [3.8, 4) is 17.6 Å². The molecule has 3 aliphatic heterocycles. The summed E-state index contributed by atoms with van der Waals surface area (Å²) in [6.45, 7) is -0.398. The van der Waals surface area contributed by atoms with Crippen molar-refractivity contribution < 1.29 is 48.9 Å². The Morgan fingerprint density at radius 2 is 1.45 bits per heavy atom. The highest BCUT2D eigenvalue weighted by atomic mass is 16.6. The molecule has 2 amide bonds. The lowest BCUT2D eigenvalue weighted by molar-refractivity contribution is -0.384. The molecule has 14 nitrogen and oxygen atoms in total. The number of amides is 2. The number of carboxylic acids is 1. The van der Waals surface area contributed by atoms with E-state index in [0.717, 1.165) is 30.6 Å². The largest absolute Gasteiger partial charge is 0.508 e. The summed E-state index contributed by atoms with van der Waals surface area (Å²) in [6.07, 6.45) is 2.30. The number of aliphatic hydroxyl groups is 1. The Labute approximate surface area is 367 Å². The Kier molecular flexibility index (Phi) is 11.0. The third kappa shape index (κ3) is 7.22. The standard InChI is InChI=1S/C50H43N3O11/c54-37-22-18-35(19-23-37)44-50(40(45(55)56)42-46(57)64-43(34-13-7-4-8-14-34)41(52(42)44)33-11-5-3-6-12-33)38-29-31(25-28-49(60)26-9-1-2-10-27-49)17-24-39(38)51(47(50)58)48(59)63-30-32-15-20-36(21-16-32)53(61)62/h3-8,11-24,29,40-44,54,60H,1-2,9-10,26-27,30H2,(H,55,56)/t40-,41-,42-,43+,44+,50-/m1/s1. The van der Waals surface area contributed by atoms with Crippen LogP contribution in [0.1, 0.15) is 90.1 Å².